The second-order valence-corrected chi connectivity index (χ2v) is 4.71. The number of aromatic nitrogens is 2. The number of anilines is 1. The fourth-order valence-corrected chi connectivity index (χ4v) is 2.22. The summed E-state index contributed by atoms with van der Waals surface area (Å²) in [5.41, 5.74) is 1.17. The molecule has 94 valence electrons. The van der Waals surface area contributed by atoms with Gasteiger partial charge in [-0.3, -0.25) is 10.1 Å². The fourth-order valence-electron chi connectivity index (χ4n) is 1.43. The fraction of sp³-hybridized carbons (Fsp3) is 0.250. The minimum atomic E-state index is -0.222. The lowest BCUT2D eigenvalue weighted by atomic mass is 10.2. The third-order valence-corrected chi connectivity index (χ3v) is 3.03. The predicted molar refractivity (Wildman–Crippen MR) is 69.7 cm³/mol. The molecule has 0 saturated carbocycles. The maximum Gasteiger partial charge on any atom is 0.252 e. The first-order chi connectivity index (χ1) is 8.78. The summed E-state index contributed by atoms with van der Waals surface area (Å²) in [7, 11) is 1.47. The van der Waals surface area contributed by atoms with Crippen molar-refractivity contribution in [2.45, 2.75) is 6.42 Å². The number of hydrogen-bond acceptors (Lipinski definition) is 5. The van der Waals surface area contributed by atoms with Crippen LogP contribution in [0.25, 0.3) is 0 Å². The van der Waals surface area contributed by atoms with Crippen molar-refractivity contribution in [3.05, 3.63) is 40.9 Å². The third-order valence-electron chi connectivity index (χ3n) is 2.19. The summed E-state index contributed by atoms with van der Waals surface area (Å²) in [6, 6.07) is 10.0. The van der Waals surface area contributed by atoms with E-state index in [4.69, 9.17) is 4.74 Å². The minimum absolute atomic E-state index is 0.0214. The molecular formula is C12H13N3O2S. The van der Waals surface area contributed by atoms with Gasteiger partial charge in [0.05, 0.1) is 0 Å². The molecule has 0 bridgehead atoms. The first-order valence-electron chi connectivity index (χ1n) is 5.43. The molecule has 2 rings (SSSR count). The zero-order chi connectivity index (χ0) is 12.8. The molecule has 0 saturated heterocycles. The van der Waals surface area contributed by atoms with E-state index in [1.54, 1.807) is 0 Å². The van der Waals surface area contributed by atoms with E-state index in [9.17, 15) is 4.79 Å². The summed E-state index contributed by atoms with van der Waals surface area (Å²) >= 11 is 1.37. The molecule has 0 aliphatic heterocycles. The standard InChI is InChI=1S/C12H13N3O2S/c1-17-8-10(16)13-12-15-14-11(18-12)7-9-5-3-2-4-6-9/h2-6H,7-8H2,1H3,(H,13,15,16). The molecule has 18 heavy (non-hydrogen) atoms. The van der Waals surface area contributed by atoms with E-state index in [2.05, 4.69) is 15.5 Å². The molecule has 0 spiro atoms. The molecule has 0 radical (unpaired) electrons. The van der Waals surface area contributed by atoms with Crippen LogP contribution in [0.3, 0.4) is 0 Å². The van der Waals surface area contributed by atoms with Crippen LogP contribution in [-0.4, -0.2) is 29.8 Å². The minimum Gasteiger partial charge on any atom is -0.375 e. The Kier molecular flexibility index (Phi) is 4.38. The van der Waals surface area contributed by atoms with Gasteiger partial charge in [0.25, 0.3) is 5.91 Å². The Morgan fingerprint density at radius 3 is 2.83 bits per heavy atom. The van der Waals surface area contributed by atoms with Crippen molar-refractivity contribution in [1.29, 1.82) is 0 Å². The zero-order valence-corrected chi connectivity index (χ0v) is 10.7. The summed E-state index contributed by atoms with van der Waals surface area (Å²) in [5, 5.41) is 12.0. The zero-order valence-electron chi connectivity index (χ0n) is 9.92. The average molecular weight is 263 g/mol. The van der Waals surface area contributed by atoms with E-state index in [1.165, 1.54) is 24.0 Å². The van der Waals surface area contributed by atoms with E-state index in [-0.39, 0.29) is 12.5 Å². The highest BCUT2D eigenvalue weighted by molar-refractivity contribution is 7.15. The van der Waals surface area contributed by atoms with Crippen molar-refractivity contribution >= 4 is 22.4 Å². The van der Waals surface area contributed by atoms with Gasteiger partial charge in [0.1, 0.15) is 11.6 Å². The molecule has 5 nitrogen and oxygen atoms in total. The maximum atomic E-state index is 11.3. The van der Waals surface area contributed by atoms with Gasteiger partial charge in [-0.15, -0.1) is 10.2 Å². The Bertz CT molecular complexity index is 513. The van der Waals surface area contributed by atoms with Crippen LogP contribution in [0.2, 0.25) is 0 Å². The number of rotatable bonds is 5. The number of carbonyl (C=O) groups excluding carboxylic acids is 1. The topological polar surface area (TPSA) is 64.1 Å². The Labute approximate surface area is 109 Å². The van der Waals surface area contributed by atoms with Gasteiger partial charge in [0.15, 0.2) is 0 Å². The number of ether oxygens (including phenoxy) is 1. The van der Waals surface area contributed by atoms with Crippen molar-refractivity contribution in [2.24, 2.45) is 0 Å². The first-order valence-corrected chi connectivity index (χ1v) is 6.24. The van der Waals surface area contributed by atoms with E-state index in [0.29, 0.717) is 5.13 Å². The highest BCUT2D eigenvalue weighted by Gasteiger charge is 2.08. The van der Waals surface area contributed by atoms with Gasteiger partial charge in [-0.05, 0) is 5.56 Å². The number of carbonyl (C=O) groups is 1. The average Bonchev–Trinajstić information content (AvgIpc) is 2.78. The van der Waals surface area contributed by atoms with Gasteiger partial charge in [-0.2, -0.15) is 0 Å². The predicted octanol–water partition coefficient (Wildman–Crippen LogP) is 1.71. The molecule has 1 aromatic heterocycles. The highest BCUT2D eigenvalue weighted by atomic mass is 32.1. The van der Waals surface area contributed by atoms with Gasteiger partial charge >= 0.3 is 0 Å². The van der Waals surface area contributed by atoms with Gasteiger partial charge in [0.2, 0.25) is 5.13 Å². The molecule has 0 atom stereocenters. The number of amides is 1. The van der Waals surface area contributed by atoms with Crippen molar-refractivity contribution in [3.63, 3.8) is 0 Å². The maximum absolute atomic E-state index is 11.3. The summed E-state index contributed by atoms with van der Waals surface area (Å²) in [6.07, 6.45) is 0.721. The van der Waals surface area contributed by atoms with Gasteiger partial charge < -0.3 is 4.74 Å². The Hall–Kier alpha value is -1.79. The lowest BCUT2D eigenvalue weighted by Gasteiger charge is -1.98. The van der Waals surface area contributed by atoms with Crippen molar-refractivity contribution in [2.75, 3.05) is 19.0 Å². The molecule has 1 heterocycles. The van der Waals surface area contributed by atoms with Crippen LogP contribution in [0.4, 0.5) is 5.13 Å². The SMILES string of the molecule is COCC(=O)Nc1nnc(Cc2ccccc2)s1. The van der Waals surface area contributed by atoms with Crippen LogP contribution < -0.4 is 5.32 Å². The summed E-state index contributed by atoms with van der Waals surface area (Å²) in [5.74, 6) is -0.222. The number of benzene rings is 1. The van der Waals surface area contributed by atoms with Crippen LogP contribution >= 0.6 is 11.3 Å². The van der Waals surface area contributed by atoms with Crippen LogP contribution in [0.5, 0.6) is 0 Å². The lowest BCUT2D eigenvalue weighted by Crippen LogP contribution is -2.16. The monoisotopic (exact) mass is 263 g/mol. The number of methoxy groups -OCH3 is 1. The summed E-state index contributed by atoms with van der Waals surface area (Å²) in [4.78, 5) is 11.3. The quantitative estimate of drug-likeness (QED) is 0.892. The molecule has 0 fully saturated rings. The molecule has 0 aliphatic carbocycles. The lowest BCUT2D eigenvalue weighted by molar-refractivity contribution is -0.119. The molecule has 0 aliphatic rings. The smallest absolute Gasteiger partial charge is 0.252 e. The number of nitrogens with one attached hydrogen (secondary N) is 1. The number of nitrogens with zero attached hydrogens (tertiary/aromatic N) is 2. The van der Waals surface area contributed by atoms with Crippen LogP contribution in [0.1, 0.15) is 10.6 Å². The van der Waals surface area contributed by atoms with Crippen molar-refractivity contribution < 1.29 is 9.53 Å². The van der Waals surface area contributed by atoms with Gasteiger partial charge in [0, 0.05) is 13.5 Å². The largest absolute Gasteiger partial charge is 0.375 e. The van der Waals surface area contributed by atoms with Gasteiger partial charge in [-0.1, -0.05) is 41.7 Å². The van der Waals surface area contributed by atoms with E-state index >= 15 is 0 Å². The molecule has 1 aromatic carbocycles. The van der Waals surface area contributed by atoms with Crippen molar-refractivity contribution in [1.82, 2.24) is 10.2 Å². The third kappa shape index (κ3) is 3.61. The molecule has 2 aromatic rings. The Balaban J connectivity index is 1.96. The summed E-state index contributed by atoms with van der Waals surface area (Å²) < 4.78 is 4.72. The van der Waals surface area contributed by atoms with E-state index in [1.807, 2.05) is 30.3 Å². The molecule has 0 unspecified atom stereocenters. The summed E-state index contributed by atoms with van der Waals surface area (Å²) in [6.45, 7) is 0.0214. The highest BCUT2D eigenvalue weighted by Crippen LogP contribution is 2.18. The number of hydrogen-bond donors (Lipinski definition) is 1. The Morgan fingerprint density at radius 2 is 2.11 bits per heavy atom. The van der Waals surface area contributed by atoms with E-state index in [0.717, 1.165) is 11.4 Å². The second-order valence-electron chi connectivity index (χ2n) is 3.64. The first kappa shape index (κ1) is 12.7. The van der Waals surface area contributed by atoms with Crippen LogP contribution in [-0.2, 0) is 16.0 Å². The van der Waals surface area contributed by atoms with Crippen LogP contribution in [0, 0.1) is 0 Å². The molecule has 1 amide bonds. The molecule has 6 heteroatoms. The second kappa shape index (κ2) is 6.23. The Morgan fingerprint density at radius 1 is 1.33 bits per heavy atom. The molecular weight excluding hydrogens is 250 g/mol. The van der Waals surface area contributed by atoms with Crippen LogP contribution in [0.15, 0.2) is 30.3 Å². The van der Waals surface area contributed by atoms with Gasteiger partial charge in [-0.25, -0.2) is 0 Å². The van der Waals surface area contributed by atoms with Crippen molar-refractivity contribution in [3.8, 4) is 0 Å². The normalized spacial score (nSPS) is 10.3. The molecule has 1 N–H and O–H groups in total. The van der Waals surface area contributed by atoms with E-state index < -0.39 is 0 Å².